The Morgan fingerprint density at radius 2 is 2.33 bits per heavy atom. The van der Waals surface area contributed by atoms with Gasteiger partial charge in [0.1, 0.15) is 11.9 Å². The number of ether oxygens (including phenoxy) is 1. The first-order valence-corrected chi connectivity index (χ1v) is 4.69. The van der Waals surface area contributed by atoms with E-state index in [9.17, 15) is 4.79 Å². The van der Waals surface area contributed by atoms with Gasteiger partial charge >= 0.3 is 5.97 Å². The zero-order valence-electron chi connectivity index (χ0n) is 8.81. The summed E-state index contributed by atoms with van der Waals surface area (Å²) in [6, 6.07) is 0. The minimum absolute atomic E-state index is 0.144. The lowest BCUT2D eigenvalue weighted by Gasteiger charge is -2.06. The first-order valence-electron chi connectivity index (χ1n) is 4.69. The lowest BCUT2D eigenvalue weighted by Crippen LogP contribution is -2.12. The van der Waals surface area contributed by atoms with E-state index in [1.165, 1.54) is 6.33 Å². The Morgan fingerprint density at radius 3 is 3.00 bits per heavy atom. The zero-order chi connectivity index (χ0) is 11.0. The first kappa shape index (κ1) is 9.70. The summed E-state index contributed by atoms with van der Waals surface area (Å²) in [6.07, 6.45) is 1.36. The minimum atomic E-state index is -0.373. The van der Waals surface area contributed by atoms with Crippen molar-refractivity contribution in [1.29, 1.82) is 0 Å². The van der Waals surface area contributed by atoms with Gasteiger partial charge in [-0.05, 0) is 20.8 Å². The number of aromatic nitrogens is 4. The summed E-state index contributed by atoms with van der Waals surface area (Å²) >= 11 is 0. The molecule has 0 aliphatic rings. The fourth-order valence-corrected chi connectivity index (χ4v) is 1.41. The third-order valence-corrected chi connectivity index (χ3v) is 1.98. The van der Waals surface area contributed by atoms with Crippen LogP contribution in [0.5, 0.6) is 0 Å². The van der Waals surface area contributed by atoms with Crippen molar-refractivity contribution in [2.45, 2.75) is 26.9 Å². The number of fused-ring (bicyclic) bond motifs is 1. The lowest BCUT2D eigenvalue weighted by atomic mass is 10.2. The van der Waals surface area contributed by atoms with Crippen LogP contribution in [0.15, 0.2) is 6.33 Å². The second kappa shape index (κ2) is 3.38. The molecular formula is C9H12N4O2. The molecule has 15 heavy (non-hydrogen) atoms. The van der Waals surface area contributed by atoms with E-state index in [4.69, 9.17) is 4.74 Å². The fourth-order valence-electron chi connectivity index (χ4n) is 1.41. The number of rotatable bonds is 2. The van der Waals surface area contributed by atoms with Gasteiger partial charge in [0.15, 0.2) is 5.65 Å². The minimum Gasteiger partial charge on any atom is -0.459 e. The Kier molecular flexibility index (Phi) is 2.18. The summed E-state index contributed by atoms with van der Waals surface area (Å²) in [4.78, 5) is 11.7. The Hall–Kier alpha value is -1.85. The standard InChI is InChI=1S/C9H12N4O2/c1-5(2)15-9(14)7-6(3)12-13-4-10-11-8(7)13/h4-5,12H,1-3H3. The number of hydrogen-bond donors (Lipinski definition) is 1. The second-order valence-corrected chi connectivity index (χ2v) is 3.59. The van der Waals surface area contributed by atoms with Gasteiger partial charge in [-0.2, -0.15) is 0 Å². The van der Waals surface area contributed by atoms with E-state index < -0.39 is 0 Å². The van der Waals surface area contributed by atoms with Crippen molar-refractivity contribution in [3.05, 3.63) is 17.6 Å². The third kappa shape index (κ3) is 1.58. The Bertz CT molecular complexity index is 497. The molecule has 0 radical (unpaired) electrons. The van der Waals surface area contributed by atoms with Gasteiger partial charge in [0.25, 0.3) is 0 Å². The molecule has 2 aromatic heterocycles. The second-order valence-electron chi connectivity index (χ2n) is 3.59. The molecule has 2 heterocycles. The molecule has 6 heteroatoms. The molecular weight excluding hydrogens is 196 g/mol. The van der Waals surface area contributed by atoms with Gasteiger partial charge in [0.05, 0.1) is 6.10 Å². The van der Waals surface area contributed by atoms with Gasteiger partial charge in [0, 0.05) is 5.69 Å². The molecule has 2 rings (SSSR count). The van der Waals surface area contributed by atoms with Gasteiger partial charge in [-0.1, -0.05) is 0 Å². The Morgan fingerprint density at radius 1 is 1.60 bits per heavy atom. The van der Waals surface area contributed by atoms with Crippen molar-refractivity contribution in [1.82, 2.24) is 19.8 Å². The summed E-state index contributed by atoms with van der Waals surface area (Å²) in [7, 11) is 0. The summed E-state index contributed by atoms with van der Waals surface area (Å²) < 4.78 is 6.70. The molecule has 0 saturated heterocycles. The average molecular weight is 208 g/mol. The number of nitrogens with one attached hydrogen (secondary N) is 1. The van der Waals surface area contributed by atoms with Crippen LogP contribution in [0.4, 0.5) is 0 Å². The van der Waals surface area contributed by atoms with Crippen molar-refractivity contribution in [3.8, 4) is 0 Å². The number of aryl methyl sites for hydroxylation is 1. The molecule has 0 bridgehead atoms. The molecule has 0 atom stereocenters. The fraction of sp³-hybridized carbons (Fsp3) is 0.444. The van der Waals surface area contributed by atoms with Crippen LogP contribution >= 0.6 is 0 Å². The molecule has 1 N–H and O–H groups in total. The monoisotopic (exact) mass is 208 g/mol. The predicted molar refractivity (Wildman–Crippen MR) is 52.6 cm³/mol. The highest BCUT2D eigenvalue weighted by molar-refractivity contribution is 5.97. The smallest absolute Gasteiger partial charge is 0.344 e. The highest BCUT2D eigenvalue weighted by atomic mass is 16.5. The van der Waals surface area contributed by atoms with Crippen LogP contribution in [0.1, 0.15) is 29.9 Å². The van der Waals surface area contributed by atoms with Crippen LogP contribution in [0.25, 0.3) is 5.65 Å². The Balaban J connectivity index is 2.45. The van der Waals surface area contributed by atoms with Crippen LogP contribution in [0.3, 0.4) is 0 Å². The molecule has 0 aliphatic carbocycles. The van der Waals surface area contributed by atoms with E-state index >= 15 is 0 Å². The van der Waals surface area contributed by atoms with Crippen molar-refractivity contribution in [2.24, 2.45) is 0 Å². The molecule has 0 fully saturated rings. The average Bonchev–Trinajstić information content (AvgIpc) is 2.60. The van der Waals surface area contributed by atoms with E-state index in [1.54, 1.807) is 25.3 Å². The molecule has 0 unspecified atom stereocenters. The first-order chi connectivity index (χ1) is 7.09. The van der Waals surface area contributed by atoms with E-state index in [-0.39, 0.29) is 12.1 Å². The maximum atomic E-state index is 11.7. The van der Waals surface area contributed by atoms with Crippen LogP contribution in [0.2, 0.25) is 0 Å². The van der Waals surface area contributed by atoms with Gasteiger partial charge in [-0.25, -0.2) is 9.31 Å². The summed E-state index contributed by atoms with van der Waals surface area (Å²) in [5.74, 6) is -0.373. The van der Waals surface area contributed by atoms with Crippen molar-refractivity contribution in [2.75, 3.05) is 0 Å². The summed E-state index contributed by atoms with van der Waals surface area (Å²) in [5.41, 5.74) is 1.67. The van der Waals surface area contributed by atoms with Crippen molar-refractivity contribution in [3.63, 3.8) is 0 Å². The van der Waals surface area contributed by atoms with Crippen LogP contribution < -0.4 is 0 Å². The van der Waals surface area contributed by atoms with Crippen LogP contribution in [0, 0.1) is 6.92 Å². The van der Waals surface area contributed by atoms with Crippen molar-refractivity contribution >= 4 is 11.6 Å². The van der Waals surface area contributed by atoms with E-state index in [2.05, 4.69) is 15.3 Å². The summed E-state index contributed by atoms with van der Waals surface area (Å²) in [6.45, 7) is 5.41. The summed E-state index contributed by atoms with van der Waals surface area (Å²) in [5, 5.41) is 10.5. The number of esters is 1. The SMILES string of the molecule is Cc1[nH]n2cnnc2c1C(=O)OC(C)C. The molecule has 0 aromatic carbocycles. The van der Waals surface area contributed by atoms with Crippen LogP contribution in [-0.4, -0.2) is 31.9 Å². The molecule has 0 saturated carbocycles. The molecule has 2 aromatic rings. The quantitative estimate of drug-likeness (QED) is 0.745. The predicted octanol–water partition coefficient (Wildman–Crippen LogP) is 0.931. The van der Waals surface area contributed by atoms with Gasteiger partial charge in [-0.15, -0.1) is 10.2 Å². The normalized spacial score (nSPS) is 11.2. The molecule has 80 valence electrons. The lowest BCUT2D eigenvalue weighted by molar-refractivity contribution is 0.0379. The van der Waals surface area contributed by atoms with Crippen molar-refractivity contribution < 1.29 is 9.53 Å². The molecule has 0 amide bonds. The molecule has 0 spiro atoms. The highest BCUT2D eigenvalue weighted by Gasteiger charge is 2.20. The van der Waals surface area contributed by atoms with Gasteiger partial charge in [0.2, 0.25) is 0 Å². The highest BCUT2D eigenvalue weighted by Crippen LogP contribution is 2.14. The topological polar surface area (TPSA) is 72.3 Å². The van der Waals surface area contributed by atoms with E-state index in [0.29, 0.717) is 11.2 Å². The Labute approximate surface area is 86.2 Å². The molecule has 6 nitrogen and oxygen atoms in total. The van der Waals surface area contributed by atoms with Gasteiger partial charge < -0.3 is 4.74 Å². The maximum Gasteiger partial charge on any atom is 0.344 e. The largest absolute Gasteiger partial charge is 0.459 e. The number of carbonyl (C=O) groups excluding carboxylic acids is 1. The zero-order valence-corrected chi connectivity index (χ0v) is 8.81. The van der Waals surface area contributed by atoms with E-state index in [1.807, 2.05) is 0 Å². The number of carbonyl (C=O) groups is 1. The molecule has 0 aliphatic heterocycles. The number of hydrogen-bond acceptors (Lipinski definition) is 4. The number of nitrogens with zero attached hydrogens (tertiary/aromatic N) is 3. The third-order valence-electron chi connectivity index (χ3n) is 1.98. The number of aromatic amines is 1. The van der Waals surface area contributed by atoms with E-state index in [0.717, 1.165) is 5.69 Å². The van der Waals surface area contributed by atoms with Crippen LogP contribution in [-0.2, 0) is 4.74 Å². The van der Waals surface area contributed by atoms with Gasteiger partial charge in [-0.3, -0.25) is 5.10 Å². The number of H-pyrrole nitrogens is 1. The maximum absolute atomic E-state index is 11.7.